The highest BCUT2D eigenvalue weighted by Gasteiger charge is 2.18. The second-order valence-corrected chi connectivity index (χ2v) is 16.9. The quantitative estimate of drug-likeness (QED) is 0.162. The van der Waals surface area contributed by atoms with Crippen LogP contribution < -0.4 is 0 Å². The molecular weight excluding hydrogens is 773 g/mol. The van der Waals surface area contributed by atoms with Crippen LogP contribution in [0.1, 0.15) is 0 Å². The second-order valence-electron chi connectivity index (χ2n) is 16.9. The number of hydrogen-bond acceptors (Lipinski definition) is 2. The van der Waals surface area contributed by atoms with Crippen molar-refractivity contribution in [3.05, 3.63) is 231 Å². The molecule has 0 N–H and O–H groups in total. The Morgan fingerprint density at radius 3 is 1.22 bits per heavy atom. The van der Waals surface area contributed by atoms with Crippen molar-refractivity contribution in [1.82, 2.24) is 9.97 Å². The lowest BCUT2D eigenvalue weighted by Gasteiger charge is -2.16. The van der Waals surface area contributed by atoms with Gasteiger partial charge in [0.05, 0.1) is 11.4 Å². The van der Waals surface area contributed by atoms with Crippen molar-refractivity contribution in [2.75, 3.05) is 0 Å². The summed E-state index contributed by atoms with van der Waals surface area (Å²) in [6.07, 6.45) is 0. The molecule has 0 aliphatic heterocycles. The van der Waals surface area contributed by atoms with Crippen LogP contribution >= 0.6 is 0 Å². The number of fused-ring (bicyclic) bond motifs is 11. The SMILES string of the molecule is c1ccc2c(-c3cc(-c4cccc5ccccc45)nc(-c4cc(-c5ccc6c7ccccc7c7ccccc7c6c5)cc(-c5cc6ccccc6c6ccccc56)c4)n3)cccc2c1. The molecule has 0 saturated carbocycles. The number of benzene rings is 12. The molecule has 1 heterocycles. The number of nitrogens with zero attached hydrogens (tertiary/aromatic N) is 2. The molecule has 0 radical (unpaired) electrons. The zero-order valence-corrected chi connectivity index (χ0v) is 34.8. The van der Waals surface area contributed by atoms with Crippen LogP contribution in [0.2, 0.25) is 0 Å². The van der Waals surface area contributed by atoms with Gasteiger partial charge in [-0.2, -0.15) is 0 Å². The van der Waals surface area contributed by atoms with Crippen LogP contribution in [0.5, 0.6) is 0 Å². The van der Waals surface area contributed by atoms with Gasteiger partial charge in [-0.15, -0.1) is 0 Å². The lowest BCUT2D eigenvalue weighted by molar-refractivity contribution is 1.19. The van der Waals surface area contributed by atoms with E-state index in [0.29, 0.717) is 5.82 Å². The number of rotatable bonds is 5. The normalized spacial score (nSPS) is 11.8. The van der Waals surface area contributed by atoms with Crippen LogP contribution in [0.4, 0.5) is 0 Å². The smallest absolute Gasteiger partial charge is 0.160 e. The van der Waals surface area contributed by atoms with E-state index < -0.39 is 0 Å². The fraction of sp³-hybridized carbons (Fsp3) is 0. The topological polar surface area (TPSA) is 25.8 Å². The highest BCUT2D eigenvalue weighted by atomic mass is 14.9. The molecular formula is C62H38N2. The summed E-state index contributed by atoms with van der Waals surface area (Å²) in [7, 11) is 0. The second kappa shape index (κ2) is 14.6. The summed E-state index contributed by atoms with van der Waals surface area (Å²) < 4.78 is 0. The molecule has 0 aliphatic carbocycles. The molecule has 2 nitrogen and oxygen atoms in total. The van der Waals surface area contributed by atoms with E-state index in [0.717, 1.165) is 55.5 Å². The van der Waals surface area contributed by atoms with Crippen LogP contribution in [0.25, 0.3) is 132 Å². The Morgan fingerprint density at radius 2 is 0.625 bits per heavy atom. The molecule has 0 amide bonds. The van der Waals surface area contributed by atoms with E-state index in [9.17, 15) is 0 Å². The highest BCUT2D eigenvalue weighted by Crippen LogP contribution is 2.42. The van der Waals surface area contributed by atoms with Crippen molar-refractivity contribution >= 4 is 75.4 Å². The van der Waals surface area contributed by atoms with Crippen LogP contribution in [0.15, 0.2) is 231 Å². The maximum Gasteiger partial charge on any atom is 0.160 e. The first-order valence-corrected chi connectivity index (χ1v) is 22.0. The first-order valence-electron chi connectivity index (χ1n) is 22.0. The summed E-state index contributed by atoms with van der Waals surface area (Å²) in [5, 5.41) is 17.1. The summed E-state index contributed by atoms with van der Waals surface area (Å²) in [5.74, 6) is 0.679. The summed E-state index contributed by atoms with van der Waals surface area (Å²) in [5.41, 5.74) is 9.42. The van der Waals surface area contributed by atoms with Gasteiger partial charge in [-0.3, -0.25) is 0 Å². The van der Waals surface area contributed by atoms with Gasteiger partial charge in [-0.05, 0) is 134 Å². The molecule has 13 rings (SSSR count). The van der Waals surface area contributed by atoms with E-state index in [2.05, 4.69) is 231 Å². The standard InChI is InChI=1S/C62H38N2/c1-4-20-46-39(15-1)18-13-29-56(46)60-38-61(57-30-14-19-40-16-2-5-21-47(40)57)64-62(63-60)45-34-43(33-44(35-45)58-37-42-17-3-6-22-48(42)49-23-7-11-27-53(49)58)41-31-32-55-52-26-9-8-24-50(52)51-25-10-12-28-54(51)59(55)36-41/h1-38H. The molecule has 13 aromatic rings. The molecule has 2 heteroatoms. The fourth-order valence-corrected chi connectivity index (χ4v) is 10.2. The van der Waals surface area contributed by atoms with Gasteiger partial charge >= 0.3 is 0 Å². The van der Waals surface area contributed by atoms with Gasteiger partial charge in [0.25, 0.3) is 0 Å². The third-order valence-electron chi connectivity index (χ3n) is 13.2. The molecule has 0 bridgehead atoms. The van der Waals surface area contributed by atoms with E-state index >= 15 is 0 Å². The van der Waals surface area contributed by atoms with Gasteiger partial charge in [0, 0.05) is 16.7 Å². The Labute approximate surface area is 370 Å². The average Bonchev–Trinajstić information content (AvgIpc) is 3.37. The molecule has 296 valence electrons. The molecule has 1 aromatic heterocycles. The third kappa shape index (κ3) is 5.88. The van der Waals surface area contributed by atoms with Crippen LogP contribution in [0, 0.1) is 0 Å². The molecule has 0 spiro atoms. The van der Waals surface area contributed by atoms with Crippen molar-refractivity contribution in [2.45, 2.75) is 0 Å². The maximum atomic E-state index is 5.53. The maximum absolute atomic E-state index is 5.53. The molecule has 0 aliphatic rings. The first kappa shape index (κ1) is 36.2. The molecule has 12 aromatic carbocycles. The zero-order valence-electron chi connectivity index (χ0n) is 34.8. The average molecular weight is 811 g/mol. The minimum absolute atomic E-state index is 0.679. The van der Waals surface area contributed by atoms with E-state index in [1.807, 2.05) is 0 Å². The summed E-state index contributed by atoms with van der Waals surface area (Å²) in [6, 6.07) is 83.7. The van der Waals surface area contributed by atoms with Crippen molar-refractivity contribution in [1.29, 1.82) is 0 Å². The predicted octanol–water partition coefficient (Wildman–Crippen LogP) is 16.9. The van der Waals surface area contributed by atoms with Gasteiger partial charge in [-0.25, -0.2) is 9.97 Å². The van der Waals surface area contributed by atoms with Crippen molar-refractivity contribution in [3.63, 3.8) is 0 Å². The zero-order chi connectivity index (χ0) is 42.1. The molecule has 64 heavy (non-hydrogen) atoms. The van der Waals surface area contributed by atoms with Gasteiger partial charge in [0.1, 0.15) is 0 Å². The minimum Gasteiger partial charge on any atom is -0.228 e. The van der Waals surface area contributed by atoms with Crippen molar-refractivity contribution < 1.29 is 0 Å². The van der Waals surface area contributed by atoms with Crippen molar-refractivity contribution in [2.24, 2.45) is 0 Å². The highest BCUT2D eigenvalue weighted by molar-refractivity contribution is 6.26. The van der Waals surface area contributed by atoms with Gasteiger partial charge in [0.2, 0.25) is 0 Å². The van der Waals surface area contributed by atoms with Crippen LogP contribution in [-0.4, -0.2) is 9.97 Å². The Balaban J connectivity index is 1.11. The fourth-order valence-electron chi connectivity index (χ4n) is 10.2. The number of hydrogen-bond donors (Lipinski definition) is 0. The molecule has 0 unspecified atom stereocenters. The summed E-state index contributed by atoms with van der Waals surface area (Å²) >= 11 is 0. The predicted molar refractivity (Wildman–Crippen MR) is 272 cm³/mol. The third-order valence-corrected chi connectivity index (χ3v) is 13.2. The van der Waals surface area contributed by atoms with E-state index in [4.69, 9.17) is 9.97 Å². The lowest BCUT2D eigenvalue weighted by atomic mass is 9.89. The monoisotopic (exact) mass is 810 g/mol. The van der Waals surface area contributed by atoms with Gasteiger partial charge in [0.15, 0.2) is 5.82 Å². The summed E-state index contributed by atoms with van der Waals surface area (Å²) in [6.45, 7) is 0. The molecule has 0 fully saturated rings. The van der Waals surface area contributed by atoms with Crippen molar-refractivity contribution in [3.8, 4) is 56.2 Å². The van der Waals surface area contributed by atoms with Gasteiger partial charge in [-0.1, -0.05) is 194 Å². The first-order chi connectivity index (χ1) is 31.7. The van der Waals surface area contributed by atoms with E-state index in [1.54, 1.807) is 0 Å². The molecule has 0 saturated heterocycles. The Kier molecular flexibility index (Phi) is 8.25. The Morgan fingerprint density at radius 1 is 0.203 bits per heavy atom. The van der Waals surface area contributed by atoms with Crippen LogP contribution in [-0.2, 0) is 0 Å². The molecule has 0 atom stereocenters. The Bertz CT molecular complexity index is 3890. The summed E-state index contributed by atoms with van der Waals surface area (Å²) in [4.78, 5) is 11.1. The van der Waals surface area contributed by atoms with E-state index in [1.165, 1.54) is 70.2 Å². The number of aromatic nitrogens is 2. The van der Waals surface area contributed by atoms with Crippen LogP contribution in [0.3, 0.4) is 0 Å². The van der Waals surface area contributed by atoms with E-state index in [-0.39, 0.29) is 0 Å². The van der Waals surface area contributed by atoms with Gasteiger partial charge < -0.3 is 0 Å². The largest absolute Gasteiger partial charge is 0.228 e. The minimum atomic E-state index is 0.679. The lowest BCUT2D eigenvalue weighted by Crippen LogP contribution is -1.98. The Hall–Kier alpha value is -8.46.